The van der Waals surface area contributed by atoms with E-state index in [0.717, 1.165) is 23.3 Å². The van der Waals surface area contributed by atoms with Crippen LogP contribution in [-0.4, -0.2) is 10.8 Å². The average molecular weight is 309 g/mol. The molecule has 0 spiro atoms. The number of amides is 1. The predicted molar refractivity (Wildman–Crippen MR) is 75.8 cm³/mol. The molecule has 1 aliphatic rings. The van der Waals surface area contributed by atoms with Crippen LogP contribution in [0.2, 0.25) is 5.02 Å². The summed E-state index contributed by atoms with van der Waals surface area (Å²) in [5, 5.41) is -0.346. The van der Waals surface area contributed by atoms with Gasteiger partial charge in [-0.15, -0.1) is 0 Å². The number of carbonyl (C=O) groups excluding carboxylic acids is 1. The summed E-state index contributed by atoms with van der Waals surface area (Å²) in [7, 11) is 0. The summed E-state index contributed by atoms with van der Waals surface area (Å²) in [6, 6.07) is 7.00. The highest BCUT2D eigenvalue weighted by molar-refractivity contribution is 6.30. The SMILES string of the molecule is Nc1ccc2c(c1)CN(C(=O)c1cc(F)c(Cl)cc1F)C2. The number of benzene rings is 2. The van der Waals surface area contributed by atoms with Gasteiger partial charge in [0.25, 0.3) is 5.91 Å². The van der Waals surface area contributed by atoms with Crippen molar-refractivity contribution < 1.29 is 13.6 Å². The van der Waals surface area contributed by atoms with Crippen molar-refractivity contribution in [1.82, 2.24) is 4.90 Å². The van der Waals surface area contributed by atoms with Crippen LogP contribution in [0.3, 0.4) is 0 Å². The van der Waals surface area contributed by atoms with Crippen LogP contribution in [0, 0.1) is 11.6 Å². The van der Waals surface area contributed by atoms with Crippen molar-refractivity contribution in [2.45, 2.75) is 13.1 Å². The van der Waals surface area contributed by atoms with E-state index >= 15 is 0 Å². The molecule has 1 heterocycles. The van der Waals surface area contributed by atoms with Gasteiger partial charge >= 0.3 is 0 Å². The molecule has 6 heteroatoms. The molecular formula is C15H11ClF2N2O. The van der Waals surface area contributed by atoms with Gasteiger partial charge in [0.2, 0.25) is 0 Å². The van der Waals surface area contributed by atoms with Gasteiger partial charge in [0.1, 0.15) is 11.6 Å². The zero-order valence-corrected chi connectivity index (χ0v) is 11.6. The Morgan fingerprint density at radius 3 is 2.57 bits per heavy atom. The Bertz CT molecular complexity index is 749. The van der Waals surface area contributed by atoms with Gasteiger partial charge in [0.15, 0.2) is 0 Å². The third-order valence-corrected chi connectivity index (χ3v) is 3.77. The first kappa shape index (κ1) is 13.8. The predicted octanol–water partition coefficient (Wildman–Crippen LogP) is 3.36. The molecule has 108 valence electrons. The van der Waals surface area contributed by atoms with Gasteiger partial charge in [-0.2, -0.15) is 0 Å². The van der Waals surface area contributed by atoms with E-state index in [0.29, 0.717) is 18.8 Å². The number of nitrogens with zero attached hydrogens (tertiary/aromatic N) is 1. The van der Waals surface area contributed by atoms with Crippen LogP contribution in [0.15, 0.2) is 30.3 Å². The third-order valence-electron chi connectivity index (χ3n) is 3.48. The summed E-state index contributed by atoms with van der Waals surface area (Å²) in [5.41, 5.74) is 7.84. The van der Waals surface area contributed by atoms with Crippen LogP contribution >= 0.6 is 11.6 Å². The number of nitrogen functional groups attached to an aromatic ring is 1. The third kappa shape index (κ3) is 2.45. The highest BCUT2D eigenvalue weighted by Crippen LogP contribution is 2.27. The Kier molecular flexibility index (Phi) is 3.29. The molecule has 0 saturated carbocycles. The molecule has 1 amide bonds. The second-order valence-corrected chi connectivity index (χ2v) is 5.34. The molecule has 1 aliphatic heterocycles. The molecule has 3 rings (SSSR count). The Hall–Kier alpha value is -2.14. The maximum Gasteiger partial charge on any atom is 0.257 e. The number of halogens is 3. The second-order valence-electron chi connectivity index (χ2n) is 4.94. The molecule has 0 radical (unpaired) electrons. The molecule has 0 atom stereocenters. The Balaban J connectivity index is 1.90. The lowest BCUT2D eigenvalue weighted by molar-refractivity contribution is 0.0746. The summed E-state index contributed by atoms with van der Waals surface area (Å²) < 4.78 is 27.2. The van der Waals surface area contributed by atoms with E-state index in [1.54, 1.807) is 12.1 Å². The van der Waals surface area contributed by atoms with Crippen LogP contribution in [0.4, 0.5) is 14.5 Å². The van der Waals surface area contributed by atoms with Crippen molar-refractivity contribution >= 4 is 23.2 Å². The number of nitrogens with two attached hydrogens (primary N) is 1. The molecular weight excluding hydrogens is 298 g/mol. The van der Waals surface area contributed by atoms with Gasteiger partial charge < -0.3 is 10.6 Å². The van der Waals surface area contributed by atoms with Crippen LogP contribution in [0.1, 0.15) is 21.5 Å². The highest BCUT2D eigenvalue weighted by atomic mass is 35.5. The average Bonchev–Trinajstić information content (AvgIpc) is 2.85. The quantitative estimate of drug-likeness (QED) is 0.648. The van der Waals surface area contributed by atoms with E-state index in [9.17, 15) is 13.6 Å². The van der Waals surface area contributed by atoms with Gasteiger partial charge in [-0.1, -0.05) is 17.7 Å². The van der Waals surface area contributed by atoms with Crippen molar-refractivity contribution in [3.8, 4) is 0 Å². The molecule has 0 bridgehead atoms. The number of rotatable bonds is 1. The summed E-state index contributed by atoms with van der Waals surface area (Å²) in [5.74, 6) is -2.22. The van der Waals surface area contributed by atoms with E-state index < -0.39 is 17.5 Å². The van der Waals surface area contributed by atoms with E-state index in [1.807, 2.05) is 6.07 Å². The van der Waals surface area contributed by atoms with Crippen molar-refractivity contribution in [3.05, 3.63) is 63.7 Å². The minimum Gasteiger partial charge on any atom is -0.399 e. The smallest absolute Gasteiger partial charge is 0.257 e. The molecule has 21 heavy (non-hydrogen) atoms. The molecule has 0 aromatic heterocycles. The fraction of sp³-hybridized carbons (Fsp3) is 0.133. The Morgan fingerprint density at radius 1 is 1.10 bits per heavy atom. The summed E-state index contributed by atoms with van der Waals surface area (Å²) in [6.07, 6.45) is 0. The van der Waals surface area contributed by atoms with Gasteiger partial charge in [-0.25, -0.2) is 8.78 Å². The number of fused-ring (bicyclic) bond motifs is 1. The number of hydrogen-bond acceptors (Lipinski definition) is 2. The maximum absolute atomic E-state index is 13.8. The zero-order chi connectivity index (χ0) is 15.1. The van der Waals surface area contributed by atoms with Gasteiger partial charge in [0.05, 0.1) is 10.6 Å². The van der Waals surface area contributed by atoms with Crippen LogP contribution in [0.25, 0.3) is 0 Å². The number of hydrogen-bond donors (Lipinski definition) is 1. The van der Waals surface area contributed by atoms with E-state index in [-0.39, 0.29) is 10.6 Å². The molecule has 0 saturated heterocycles. The van der Waals surface area contributed by atoms with E-state index in [4.69, 9.17) is 17.3 Å². The van der Waals surface area contributed by atoms with Crippen molar-refractivity contribution in [2.75, 3.05) is 5.73 Å². The minimum atomic E-state index is -0.832. The Morgan fingerprint density at radius 2 is 1.81 bits per heavy atom. The highest BCUT2D eigenvalue weighted by Gasteiger charge is 2.27. The molecule has 2 aromatic rings. The summed E-state index contributed by atoms with van der Waals surface area (Å²) in [6.45, 7) is 0.668. The minimum absolute atomic E-state index is 0.322. The van der Waals surface area contributed by atoms with Crippen LogP contribution in [0.5, 0.6) is 0 Å². The van der Waals surface area contributed by atoms with Gasteiger partial charge in [-0.05, 0) is 35.4 Å². The molecule has 2 aromatic carbocycles. The first-order chi connectivity index (χ1) is 9.95. The maximum atomic E-state index is 13.8. The second kappa shape index (κ2) is 5.00. The van der Waals surface area contributed by atoms with Crippen molar-refractivity contribution in [1.29, 1.82) is 0 Å². The summed E-state index contributed by atoms with van der Waals surface area (Å²) in [4.78, 5) is 13.8. The fourth-order valence-electron chi connectivity index (χ4n) is 2.41. The lowest BCUT2D eigenvalue weighted by atomic mass is 10.1. The Labute approximate surface area is 124 Å². The largest absolute Gasteiger partial charge is 0.399 e. The molecule has 0 aliphatic carbocycles. The number of anilines is 1. The van der Waals surface area contributed by atoms with Crippen molar-refractivity contribution in [2.24, 2.45) is 0 Å². The van der Waals surface area contributed by atoms with Crippen molar-refractivity contribution in [3.63, 3.8) is 0 Å². The molecule has 0 unspecified atom stereocenters. The number of carbonyl (C=O) groups is 1. The monoisotopic (exact) mass is 308 g/mol. The van der Waals surface area contributed by atoms with E-state index in [1.165, 1.54) is 4.90 Å². The van der Waals surface area contributed by atoms with Gasteiger partial charge in [0, 0.05) is 18.8 Å². The standard InChI is InChI=1S/C15H11ClF2N2O/c16-12-5-13(17)11(4-14(12)18)15(21)20-6-8-1-2-10(19)3-9(8)7-20/h1-5H,6-7,19H2. The van der Waals surface area contributed by atoms with Crippen LogP contribution < -0.4 is 5.73 Å². The summed E-state index contributed by atoms with van der Waals surface area (Å²) >= 11 is 5.49. The molecule has 3 nitrogen and oxygen atoms in total. The lowest BCUT2D eigenvalue weighted by Crippen LogP contribution is -2.26. The molecule has 2 N–H and O–H groups in total. The van der Waals surface area contributed by atoms with E-state index in [2.05, 4.69) is 0 Å². The first-order valence-electron chi connectivity index (χ1n) is 6.27. The van der Waals surface area contributed by atoms with Gasteiger partial charge in [-0.3, -0.25) is 4.79 Å². The normalized spacial score (nSPS) is 13.4. The zero-order valence-electron chi connectivity index (χ0n) is 10.9. The topological polar surface area (TPSA) is 46.3 Å². The fourth-order valence-corrected chi connectivity index (χ4v) is 2.57. The first-order valence-corrected chi connectivity index (χ1v) is 6.64. The lowest BCUT2D eigenvalue weighted by Gasteiger charge is -2.16. The van der Waals surface area contributed by atoms with Crippen LogP contribution in [-0.2, 0) is 13.1 Å². The molecule has 0 fully saturated rings.